The maximum atomic E-state index is 5.43. The Hall–Kier alpha value is -3.55. The van der Waals surface area contributed by atoms with E-state index in [4.69, 9.17) is 9.72 Å². The van der Waals surface area contributed by atoms with Crippen LogP contribution in [0.4, 0.5) is 23.0 Å². The third-order valence-electron chi connectivity index (χ3n) is 5.62. The Kier molecular flexibility index (Phi) is 5.91. The number of anilines is 4. The summed E-state index contributed by atoms with van der Waals surface area (Å²) in [6.07, 6.45) is 1.73. The third-order valence-corrected chi connectivity index (χ3v) is 5.62. The topological polar surface area (TPSA) is 75.2 Å². The molecule has 4 aromatic rings. The van der Waals surface area contributed by atoms with E-state index in [2.05, 4.69) is 50.0 Å². The molecule has 2 aromatic carbocycles. The van der Waals surface area contributed by atoms with Crippen molar-refractivity contribution in [2.24, 2.45) is 0 Å². The molecule has 0 aliphatic carbocycles. The van der Waals surface area contributed by atoms with Crippen molar-refractivity contribution in [1.29, 1.82) is 0 Å². The summed E-state index contributed by atoms with van der Waals surface area (Å²) in [6.45, 7) is 6.61. The van der Waals surface area contributed by atoms with Crippen molar-refractivity contribution in [2.45, 2.75) is 13.5 Å². The summed E-state index contributed by atoms with van der Waals surface area (Å²) >= 11 is 0. The molecule has 2 N–H and O–H groups in total. The van der Waals surface area contributed by atoms with E-state index in [1.165, 1.54) is 5.56 Å². The van der Waals surface area contributed by atoms with Crippen molar-refractivity contribution in [2.75, 3.05) is 36.9 Å². The number of pyridine rings is 1. The van der Waals surface area contributed by atoms with E-state index in [0.717, 1.165) is 72.3 Å². The van der Waals surface area contributed by atoms with E-state index >= 15 is 0 Å². The van der Waals surface area contributed by atoms with Gasteiger partial charge >= 0.3 is 0 Å². The summed E-state index contributed by atoms with van der Waals surface area (Å²) in [7, 11) is 0. The average molecular weight is 427 g/mol. The van der Waals surface area contributed by atoms with Gasteiger partial charge in [0.15, 0.2) is 0 Å². The molecule has 1 aliphatic heterocycles. The Morgan fingerprint density at radius 1 is 0.906 bits per heavy atom. The first-order chi connectivity index (χ1) is 15.7. The highest BCUT2D eigenvalue weighted by atomic mass is 16.5. The van der Waals surface area contributed by atoms with Gasteiger partial charge in [0.2, 0.25) is 0 Å². The quantitative estimate of drug-likeness (QED) is 0.465. The fourth-order valence-corrected chi connectivity index (χ4v) is 3.89. The molecule has 1 saturated heterocycles. The molecule has 5 rings (SSSR count). The van der Waals surface area contributed by atoms with Gasteiger partial charge < -0.3 is 15.4 Å². The molecule has 3 heterocycles. The maximum Gasteiger partial charge on any atom is 0.132 e. The van der Waals surface area contributed by atoms with Crippen LogP contribution in [0.15, 0.2) is 66.9 Å². The van der Waals surface area contributed by atoms with Crippen LogP contribution in [-0.2, 0) is 11.3 Å². The average Bonchev–Trinajstić information content (AvgIpc) is 2.82. The Morgan fingerprint density at radius 2 is 1.66 bits per heavy atom. The summed E-state index contributed by atoms with van der Waals surface area (Å²) in [5.74, 6) is 1.52. The molecule has 7 nitrogen and oxygen atoms in total. The van der Waals surface area contributed by atoms with Crippen LogP contribution < -0.4 is 10.6 Å². The minimum Gasteiger partial charge on any atom is -0.379 e. The lowest BCUT2D eigenvalue weighted by Gasteiger charge is -2.26. The number of aromatic nitrogens is 3. The number of aryl methyl sites for hydroxylation is 1. The van der Waals surface area contributed by atoms with Gasteiger partial charge in [0.1, 0.15) is 11.6 Å². The van der Waals surface area contributed by atoms with Gasteiger partial charge in [-0.2, -0.15) is 10.2 Å². The van der Waals surface area contributed by atoms with Gasteiger partial charge in [0, 0.05) is 30.7 Å². The zero-order valence-electron chi connectivity index (χ0n) is 18.1. The van der Waals surface area contributed by atoms with Crippen LogP contribution in [0.25, 0.3) is 10.9 Å². The Balaban J connectivity index is 1.28. The highest BCUT2D eigenvalue weighted by Crippen LogP contribution is 2.26. The van der Waals surface area contributed by atoms with Crippen molar-refractivity contribution >= 4 is 33.9 Å². The van der Waals surface area contributed by atoms with E-state index in [9.17, 15) is 0 Å². The Bertz CT molecular complexity index is 1200. The van der Waals surface area contributed by atoms with Crippen LogP contribution in [0.2, 0.25) is 0 Å². The minimum atomic E-state index is 0.745. The summed E-state index contributed by atoms with van der Waals surface area (Å²) in [5.41, 5.74) is 5.18. The molecule has 1 fully saturated rings. The first-order valence-electron chi connectivity index (χ1n) is 10.9. The van der Waals surface area contributed by atoms with E-state index in [0.29, 0.717) is 0 Å². The summed E-state index contributed by atoms with van der Waals surface area (Å²) in [6, 6.07) is 20.5. The lowest BCUT2D eigenvalue weighted by molar-refractivity contribution is 0.0342. The normalized spacial score (nSPS) is 14.4. The van der Waals surface area contributed by atoms with Crippen LogP contribution >= 0.6 is 0 Å². The largest absolute Gasteiger partial charge is 0.379 e. The fourth-order valence-electron chi connectivity index (χ4n) is 3.89. The molecular weight excluding hydrogens is 400 g/mol. The zero-order valence-corrected chi connectivity index (χ0v) is 18.1. The molecule has 2 aromatic heterocycles. The summed E-state index contributed by atoms with van der Waals surface area (Å²) in [5, 5.41) is 16.2. The molecule has 0 saturated carbocycles. The van der Waals surface area contributed by atoms with Gasteiger partial charge in [-0.25, -0.2) is 4.98 Å². The van der Waals surface area contributed by atoms with E-state index in [1.54, 1.807) is 6.20 Å². The molecule has 7 heteroatoms. The van der Waals surface area contributed by atoms with Crippen LogP contribution in [0.1, 0.15) is 11.1 Å². The number of hydrogen-bond donors (Lipinski definition) is 2. The summed E-state index contributed by atoms with van der Waals surface area (Å²) in [4.78, 5) is 7.13. The number of rotatable bonds is 6. The molecule has 32 heavy (non-hydrogen) atoms. The molecule has 0 bridgehead atoms. The van der Waals surface area contributed by atoms with Crippen molar-refractivity contribution in [1.82, 2.24) is 20.1 Å². The van der Waals surface area contributed by atoms with Gasteiger partial charge in [-0.05, 0) is 42.3 Å². The van der Waals surface area contributed by atoms with Gasteiger partial charge in [0.25, 0.3) is 0 Å². The second-order valence-corrected chi connectivity index (χ2v) is 7.97. The van der Waals surface area contributed by atoms with Crippen LogP contribution in [0.3, 0.4) is 0 Å². The van der Waals surface area contributed by atoms with E-state index < -0.39 is 0 Å². The second kappa shape index (κ2) is 9.30. The second-order valence-electron chi connectivity index (χ2n) is 7.97. The predicted octanol–water partition coefficient (Wildman–Crippen LogP) is 4.65. The minimum absolute atomic E-state index is 0.745. The van der Waals surface area contributed by atoms with E-state index in [-0.39, 0.29) is 0 Å². The molecule has 0 radical (unpaired) electrons. The van der Waals surface area contributed by atoms with Gasteiger partial charge in [-0.3, -0.25) is 4.90 Å². The zero-order chi connectivity index (χ0) is 21.8. The number of morpholine rings is 1. The van der Waals surface area contributed by atoms with Crippen LogP contribution in [-0.4, -0.2) is 46.4 Å². The van der Waals surface area contributed by atoms with Crippen molar-refractivity contribution in [3.8, 4) is 0 Å². The number of fused-ring (bicyclic) bond motifs is 1. The van der Waals surface area contributed by atoms with Crippen molar-refractivity contribution in [3.05, 3.63) is 78.0 Å². The lowest BCUT2D eigenvalue weighted by atomic mass is 10.1. The highest BCUT2D eigenvalue weighted by Gasteiger charge is 2.11. The number of nitrogens with one attached hydrogen (secondary N) is 2. The molecule has 0 unspecified atom stereocenters. The molecule has 0 amide bonds. The lowest BCUT2D eigenvalue weighted by Crippen LogP contribution is -2.35. The van der Waals surface area contributed by atoms with Gasteiger partial charge in [-0.1, -0.05) is 36.4 Å². The van der Waals surface area contributed by atoms with E-state index in [1.807, 2.05) is 43.3 Å². The Labute approximate surface area is 187 Å². The highest BCUT2D eigenvalue weighted by molar-refractivity contribution is 5.93. The predicted molar refractivity (Wildman–Crippen MR) is 128 cm³/mol. The van der Waals surface area contributed by atoms with Gasteiger partial charge in [0.05, 0.1) is 30.6 Å². The van der Waals surface area contributed by atoms with Crippen LogP contribution in [0.5, 0.6) is 0 Å². The SMILES string of the molecule is Cc1cccc2c(Nc3cccc(Nc4ccc(CN5CCOCC5)cc4)n3)cnnc12. The third kappa shape index (κ3) is 4.69. The summed E-state index contributed by atoms with van der Waals surface area (Å²) < 4.78 is 5.43. The van der Waals surface area contributed by atoms with Crippen molar-refractivity contribution in [3.63, 3.8) is 0 Å². The van der Waals surface area contributed by atoms with Crippen molar-refractivity contribution < 1.29 is 4.74 Å². The number of benzene rings is 2. The number of nitrogens with zero attached hydrogens (tertiary/aromatic N) is 4. The number of hydrogen-bond acceptors (Lipinski definition) is 7. The first kappa shape index (κ1) is 20.4. The smallest absolute Gasteiger partial charge is 0.132 e. The van der Waals surface area contributed by atoms with Crippen LogP contribution in [0, 0.1) is 6.92 Å². The standard InChI is InChI=1S/C25H26N6O/c1-18-4-2-5-21-22(16-26-30-25(18)21)28-24-7-3-6-23(29-24)27-20-10-8-19(9-11-20)17-31-12-14-32-15-13-31/h2-11,16H,12-15,17H2,1H3,(H2,27,28,29,30). The molecule has 0 spiro atoms. The molecule has 0 atom stereocenters. The molecule has 1 aliphatic rings. The number of ether oxygens (including phenoxy) is 1. The molecular formula is C25H26N6O. The Morgan fingerprint density at radius 3 is 2.47 bits per heavy atom. The van der Waals surface area contributed by atoms with Gasteiger partial charge in [-0.15, -0.1) is 0 Å². The maximum absolute atomic E-state index is 5.43. The fraction of sp³-hybridized carbons (Fsp3) is 0.240. The first-order valence-corrected chi connectivity index (χ1v) is 10.9. The monoisotopic (exact) mass is 426 g/mol. The molecule has 162 valence electrons.